The second-order valence-electron chi connectivity index (χ2n) is 6.96. The fourth-order valence-electron chi connectivity index (χ4n) is 3.09. The van der Waals surface area contributed by atoms with Gasteiger partial charge in [0.1, 0.15) is 23.0 Å². The van der Waals surface area contributed by atoms with Crippen molar-refractivity contribution in [3.8, 4) is 28.8 Å². The van der Waals surface area contributed by atoms with Crippen LogP contribution in [0.2, 0.25) is 0 Å². The predicted molar refractivity (Wildman–Crippen MR) is 137 cm³/mol. The number of thioether (sulfide) groups is 1. The molecule has 0 amide bonds. The van der Waals surface area contributed by atoms with Crippen LogP contribution < -0.4 is 20.5 Å². The van der Waals surface area contributed by atoms with Crippen LogP contribution in [0.4, 0.5) is 4.39 Å². The zero-order chi connectivity index (χ0) is 24.6. The summed E-state index contributed by atoms with van der Waals surface area (Å²) in [6.45, 7) is 0. The zero-order valence-electron chi connectivity index (χ0n) is 18.5. The van der Waals surface area contributed by atoms with Gasteiger partial charge >= 0.3 is 0 Å². The van der Waals surface area contributed by atoms with Gasteiger partial charge in [0.15, 0.2) is 5.75 Å². The number of ether oxygens (including phenoxy) is 1. The molecule has 0 fully saturated rings. The van der Waals surface area contributed by atoms with Crippen LogP contribution in [0.1, 0.15) is 11.3 Å². The molecule has 1 aliphatic heterocycles. The van der Waals surface area contributed by atoms with Gasteiger partial charge in [-0.1, -0.05) is 11.8 Å². The third kappa shape index (κ3) is 5.99. The number of nitrogens with zero attached hydrogens (tertiary/aromatic N) is 4. The van der Waals surface area contributed by atoms with E-state index in [2.05, 4.69) is 31.1 Å². The predicted octanol–water partition coefficient (Wildman–Crippen LogP) is 4.53. The molecule has 0 spiro atoms. The summed E-state index contributed by atoms with van der Waals surface area (Å²) in [4.78, 5) is 13.5. The number of halogens is 1. The number of benzene rings is 1. The maximum absolute atomic E-state index is 13.3. The molecule has 0 saturated heterocycles. The first kappa shape index (κ1) is 24.3. The van der Waals surface area contributed by atoms with Gasteiger partial charge < -0.3 is 15.8 Å². The number of pyridine rings is 2. The Hall–Kier alpha value is -3.85. The molecule has 176 valence electrons. The normalized spacial score (nSPS) is 15.2. The minimum absolute atomic E-state index is 0.0623. The first-order valence-corrected chi connectivity index (χ1v) is 12.1. The van der Waals surface area contributed by atoms with Crippen LogP contribution in [0.3, 0.4) is 0 Å². The molecule has 4 rings (SSSR count). The maximum Gasteiger partial charge on any atom is 0.212 e. The molecule has 0 saturated carbocycles. The Balaban J connectivity index is 1.64. The van der Waals surface area contributed by atoms with E-state index in [-0.39, 0.29) is 5.50 Å². The van der Waals surface area contributed by atoms with E-state index < -0.39 is 5.95 Å². The number of allylic oxidation sites excluding steroid dienone is 1. The van der Waals surface area contributed by atoms with E-state index in [1.807, 2.05) is 17.7 Å². The maximum atomic E-state index is 13.3. The Morgan fingerprint density at radius 3 is 2.86 bits per heavy atom. The quantitative estimate of drug-likeness (QED) is 0.230. The monoisotopic (exact) mass is 505 g/mol. The number of rotatable bonds is 8. The minimum Gasteiger partial charge on any atom is -0.454 e. The molecule has 3 heterocycles. The Bertz CT molecular complexity index is 1330. The lowest BCUT2D eigenvalue weighted by molar-refractivity contribution is 0.477. The lowest BCUT2D eigenvalue weighted by atomic mass is 10.1. The second-order valence-corrected chi connectivity index (χ2v) is 8.89. The van der Waals surface area contributed by atoms with Crippen LogP contribution >= 0.6 is 23.7 Å². The van der Waals surface area contributed by atoms with Crippen molar-refractivity contribution in [3.63, 3.8) is 0 Å². The number of nitriles is 1. The van der Waals surface area contributed by atoms with E-state index in [1.54, 1.807) is 55.2 Å². The average Bonchev–Trinajstić information content (AvgIpc) is 3.41. The van der Waals surface area contributed by atoms with E-state index in [9.17, 15) is 9.65 Å². The molecule has 1 aliphatic rings. The van der Waals surface area contributed by atoms with Gasteiger partial charge in [0.25, 0.3) is 0 Å². The summed E-state index contributed by atoms with van der Waals surface area (Å²) in [5, 5.41) is 14.9. The Morgan fingerprint density at radius 1 is 1.31 bits per heavy atom. The molecule has 3 aromatic rings. The third-order valence-corrected chi connectivity index (χ3v) is 6.54. The third-order valence-electron chi connectivity index (χ3n) is 4.72. The SMILES string of the molecule is CN=C(C=CN)c1nc(-c2ccc(F)nc2)ccc1Oc1ccc(SNC2NC=CS2)cc1C#N. The molecule has 0 radical (unpaired) electrons. The molecule has 8 nitrogen and oxygen atoms in total. The molecule has 1 unspecified atom stereocenters. The van der Waals surface area contributed by atoms with Gasteiger partial charge in [-0.2, -0.15) is 9.65 Å². The summed E-state index contributed by atoms with van der Waals surface area (Å²) < 4.78 is 22.7. The highest BCUT2D eigenvalue weighted by Gasteiger charge is 2.16. The molecule has 4 N–H and O–H groups in total. The molecule has 1 atom stereocenters. The van der Waals surface area contributed by atoms with Crippen molar-refractivity contribution in [2.45, 2.75) is 10.4 Å². The smallest absolute Gasteiger partial charge is 0.212 e. The van der Waals surface area contributed by atoms with E-state index in [0.29, 0.717) is 39.7 Å². The van der Waals surface area contributed by atoms with Gasteiger partial charge in [-0.25, -0.2) is 14.7 Å². The van der Waals surface area contributed by atoms with E-state index in [4.69, 9.17) is 10.5 Å². The first-order chi connectivity index (χ1) is 17.1. The highest BCUT2D eigenvalue weighted by atomic mass is 32.2. The van der Waals surface area contributed by atoms with Crippen LogP contribution in [-0.2, 0) is 0 Å². The molecule has 0 aliphatic carbocycles. The van der Waals surface area contributed by atoms with Gasteiger partial charge in [-0.15, -0.1) is 0 Å². The lowest BCUT2D eigenvalue weighted by Gasteiger charge is -2.15. The number of aromatic nitrogens is 2. The summed E-state index contributed by atoms with van der Waals surface area (Å²) in [5.41, 5.74) is 8.10. The van der Waals surface area contributed by atoms with Gasteiger partial charge in [0, 0.05) is 29.9 Å². The van der Waals surface area contributed by atoms with Gasteiger partial charge in [0.2, 0.25) is 5.95 Å². The first-order valence-electron chi connectivity index (χ1n) is 10.3. The molecule has 0 bridgehead atoms. The van der Waals surface area contributed by atoms with Crippen molar-refractivity contribution in [2.75, 3.05) is 7.05 Å². The van der Waals surface area contributed by atoms with Crippen LogP contribution in [0, 0.1) is 17.3 Å². The highest BCUT2D eigenvalue weighted by molar-refractivity contribution is 8.04. The van der Waals surface area contributed by atoms with Gasteiger partial charge in [-0.3, -0.25) is 4.99 Å². The fourth-order valence-corrected chi connectivity index (χ4v) is 4.55. The minimum atomic E-state index is -0.577. The molecular weight excluding hydrogens is 485 g/mol. The number of nitrogens with two attached hydrogens (primary N) is 1. The molecule has 2 aromatic heterocycles. The van der Waals surface area contributed by atoms with Crippen LogP contribution in [-0.4, -0.2) is 28.2 Å². The van der Waals surface area contributed by atoms with Crippen molar-refractivity contribution in [1.29, 1.82) is 5.26 Å². The summed E-state index contributed by atoms with van der Waals surface area (Å²) in [7, 11) is 1.61. The van der Waals surface area contributed by atoms with Crippen molar-refractivity contribution < 1.29 is 9.13 Å². The summed E-state index contributed by atoms with van der Waals surface area (Å²) >= 11 is 3.03. The number of hydrogen-bond donors (Lipinski definition) is 3. The fraction of sp³-hybridized carbons (Fsp3) is 0.0833. The Labute approximate surface area is 210 Å². The van der Waals surface area contributed by atoms with Crippen LogP contribution in [0.15, 0.2) is 82.4 Å². The van der Waals surface area contributed by atoms with Crippen molar-refractivity contribution in [1.82, 2.24) is 20.0 Å². The van der Waals surface area contributed by atoms with Crippen molar-refractivity contribution in [2.24, 2.45) is 10.7 Å². The topological polar surface area (TPSA) is 121 Å². The number of nitrogens with one attached hydrogen (secondary N) is 2. The molecule has 1 aromatic carbocycles. The molecular formula is C24H20FN7OS2. The Kier molecular flexibility index (Phi) is 7.99. The largest absolute Gasteiger partial charge is 0.454 e. The second kappa shape index (κ2) is 11.5. The Morgan fingerprint density at radius 2 is 2.17 bits per heavy atom. The highest BCUT2D eigenvalue weighted by Crippen LogP contribution is 2.32. The lowest BCUT2D eigenvalue weighted by Crippen LogP contribution is -2.28. The van der Waals surface area contributed by atoms with E-state index in [0.717, 1.165) is 4.90 Å². The number of aliphatic imine (C=N–C) groups is 1. The van der Waals surface area contributed by atoms with Gasteiger partial charge in [0.05, 0.1) is 17.0 Å². The molecule has 11 heteroatoms. The summed E-state index contributed by atoms with van der Waals surface area (Å²) in [6.07, 6.45) is 6.23. The van der Waals surface area contributed by atoms with E-state index >= 15 is 0 Å². The van der Waals surface area contributed by atoms with Crippen molar-refractivity contribution in [3.05, 3.63) is 89.8 Å². The van der Waals surface area contributed by atoms with E-state index in [1.165, 1.54) is 30.4 Å². The summed E-state index contributed by atoms with van der Waals surface area (Å²) in [6, 6.07) is 13.8. The van der Waals surface area contributed by atoms with Crippen LogP contribution in [0.5, 0.6) is 11.5 Å². The van der Waals surface area contributed by atoms with Crippen molar-refractivity contribution >= 4 is 29.4 Å². The number of hydrogen-bond acceptors (Lipinski definition) is 10. The van der Waals surface area contributed by atoms with Crippen LogP contribution in [0.25, 0.3) is 11.3 Å². The molecule has 35 heavy (non-hydrogen) atoms. The summed E-state index contributed by atoms with van der Waals surface area (Å²) in [5.74, 6) is 0.181. The standard InChI is InChI=1S/C24H20FN7OS2/c1-28-19(8-9-26)23-21(6-4-18(31-23)15-2-7-22(25)30-14-15)33-20-5-3-17(12-16(20)13-27)35-32-24-29-10-11-34-24/h2-12,14,24,29,32H,26H2,1H3. The van der Waals surface area contributed by atoms with Gasteiger partial charge in [-0.05, 0) is 72.1 Å². The average molecular weight is 506 g/mol. The zero-order valence-corrected chi connectivity index (χ0v) is 20.1.